The van der Waals surface area contributed by atoms with Crippen LogP contribution < -0.4 is 4.74 Å². The molecular weight excluding hydrogens is 1140 g/mol. The molecule has 8 aromatic carbocycles. The maximum atomic E-state index is 11.0. The van der Waals surface area contributed by atoms with Crippen molar-refractivity contribution in [1.29, 1.82) is 0 Å². The van der Waals surface area contributed by atoms with Crippen LogP contribution in [0.1, 0.15) is 70.5 Å². The van der Waals surface area contributed by atoms with E-state index in [1.807, 2.05) is 98.8 Å². The molecule has 0 bridgehead atoms. The number of carbonyl (C=O) groups is 4. The number of benzene rings is 8. The first kappa shape index (κ1) is 64.2. The largest absolute Gasteiger partial charge is 0.508 e. The molecule has 10 rings (SSSR count). The summed E-state index contributed by atoms with van der Waals surface area (Å²) in [5.74, 6) is -3.53. The highest BCUT2D eigenvalue weighted by Crippen LogP contribution is 2.30. The number of phenols is 3. The highest BCUT2D eigenvalue weighted by Gasteiger charge is 2.13. The molecule has 448 valence electrons. The number of phenolic OH excluding ortho intramolecular Hbond substituents is 1. The van der Waals surface area contributed by atoms with E-state index >= 15 is 0 Å². The molecule has 0 saturated heterocycles. The molecule has 0 spiro atoms. The lowest BCUT2D eigenvalue weighted by Crippen LogP contribution is -1.99. The zero-order valence-electron chi connectivity index (χ0n) is 47.8. The van der Waals surface area contributed by atoms with Crippen LogP contribution in [0.2, 0.25) is 0 Å². The van der Waals surface area contributed by atoms with Gasteiger partial charge in [0.2, 0.25) is 0 Å². The molecule has 2 aromatic heterocycles. The number of hydrogen-bond acceptors (Lipinski definition) is 19. The van der Waals surface area contributed by atoms with Crippen LogP contribution in [-0.4, -0.2) is 76.9 Å². The Morgan fingerprint density at radius 2 is 0.888 bits per heavy atom. The predicted octanol–water partition coefficient (Wildman–Crippen LogP) is 16.4. The first-order valence-corrected chi connectivity index (χ1v) is 26.7. The van der Waals surface area contributed by atoms with Gasteiger partial charge in [-0.1, -0.05) is 59.8 Å². The summed E-state index contributed by atoms with van der Waals surface area (Å²) in [5, 5.41) is 100. The zero-order chi connectivity index (χ0) is 63.7. The topological polar surface area (TPSA) is 357 Å². The van der Waals surface area contributed by atoms with Crippen LogP contribution in [-0.2, 0) is 24.1 Å². The van der Waals surface area contributed by atoms with Crippen molar-refractivity contribution in [2.24, 2.45) is 40.9 Å². The fraction of sp³-hybridized carbons (Fsp3) is 0.0909. The fourth-order valence-electron chi connectivity index (χ4n) is 7.65. The van der Waals surface area contributed by atoms with Gasteiger partial charge in [0.05, 0.1) is 70.3 Å². The third kappa shape index (κ3) is 20.4. The highest BCUT2D eigenvalue weighted by molar-refractivity contribution is 5.92. The standard InChI is InChI=1S/C19H17N3O4.C19H15N3O2.C15H14N2O4.C13H10N2O3/c1-11-12(2)22-26-18(11)9-13-3-5-14(6-4-13)20-21-15-7-8-17(23)16(10-15)19(24)25;23-19(24)15-4-3-6-18(13-15)22-21-16-9-7-14(8-10-16)12-17-5-1-2-11-20-17;1-21-13-5-2-11(3-6-13)16-17-12-4-7-14(18)10(8-12)9-15(19)20;16-12-7-6-10(8-11(12)13(17)18)15-14-9-4-2-1-3-5-9/h3-8,10,23H,9H2,1-2H3,(H,24,25);1-11,13H,12H2,(H,23,24);2-8,18H,9H2,1H3,(H,19,20);1-8,16H,(H,17,18). The van der Waals surface area contributed by atoms with Crippen LogP contribution in [0, 0.1) is 13.8 Å². The SMILES string of the molecule is COc1ccc(N=Nc2ccc(O)c(CC(=O)O)c2)cc1.Cc1noc(Cc2ccc(N=Nc3ccc(O)c(C(=O)O)c3)cc2)c1C.O=C(O)c1cc(N=Nc2ccccc2)ccc1O.O=C(O)c1cccc(N=Nc2ccc(Cc3ccccn3)cc2)c1. The Kier molecular flexibility index (Phi) is 23.1. The molecule has 2 heterocycles. The van der Waals surface area contributed by atoms with Crippen LogP contribution in [0.25, 0.3) is 0 Å². The second kappa shape index (κ2) is 32.0. The Morgan fingerprint density at radius 1 is 0.449 bits per heavy atom. The van der Waals surface area contributed by atoms with Crippen LogP contribution in [0.4, 0.5) is 45.5 Å². The van der Waals surface area contributed by atoms with E-state index in [-0.39, 0.29) is 40.4 Å². The van der Waals surface area contributed by atoms with Gasteiger partial charge in [-0.2, -0.15) is 40.9 Å². The van der Waals surface area contributed by atoms with Gasteiger partial charge < -0.3 is 45.0 Å². The molecule has 0 amide bonds. The van der Waals surface area contributed by atoms with Gasteiger partial charge in [0.25, 0.3) is 0 Å². The number of aromatic hydroxyl groups is 3. The lowest BCUT2D eigenvalue weighted by molar-refractivity contribution is -0.136. The van der Waals surface area contributed by atoms with Crippen molar-refractivity contribution in [2.45, 2.75) is 33.1 Å². The van der Waals surface area contributed by atoms with Crippen LogP contribution in [0.3, 0.4) is 0 Å². The van der Waals surface area contributed by atoms with Crippen molar-refractivity contribution in [3.05, 3.63) is 262 Å². The molecule has 7 N–H and O–H groups in total. The minimum Gasteiger partial charge on any atom is -0.508 e. The monoisotopic (exact) mass is 1200 g/mol. The summed E-state index contributed by atoms with van der Waals surface area (Å²) >= 11 is 0. The molecule has 23 heteroatoms. The van der Waals surface area contributed by atoms with Gasteiger partial charge in [0.1, 0.15) is 39.9 Å². The molecule has 0 aliphatic carbocycles. The lowest BCUT2D eigenvalue weighted by atomic mass is 10.1. The van der Waals surface area contributed by atoms with Gasteiger partial charge in [-0.05, 0) is 171 Å². The van der Waals surface area contributed by atoms with Crippen molar-refractivity contribution in [3.63, 3.8) is 0 Å². The molecule has 0 unspecified atom stereocenters. The van der Waals surface area contributed by atoms with Crippen molar-refractivity contribution in [3.8, 4) is 23.0 Å². The average molecular weight is 1200 g/mol. The van der Waals surface area contributed by atoms with Crippen molar-refractivity contribution < 1.29 is 64.2 Å². The Labute approximate surface area is 508 Å². The number of rotatable bonds is 18. The number of ether oxygens (including phenoxy) is 1. The van der Waals surface area contributed by atoms with E-state index in [1.54, 1.807) is 67.9 Å². The Hall–Kier alpha value is -12.4. The van der Waals surface area contributed by atoms with E-state index in [0.29, 0.717) is 57.5 Å². The van der Waals surface area contributed by atoms with E-state index in [4.69, 9.17) is 29.7 Å². The third-order valence-electron chi connectivity index (χ3n) is 12.5. The van der Waals surface area contributed by atoms with Crippen molar-refractivity contribution in [1.82, 2.24) is 10.1 Å². The normalized spacial score (nSPS) is 10.9. The zero-order valence-corrected chi connectivity index (χ0v) is 47.8. The summed E-state index contributed by atoms with van der Waals surface area (Å²) in [7, 11) is 1.58. The fourth-order valence-corrected chi connectivity index (χ4v) is 7.65. The van der Waals surface area contributed by atoms with Gasteiger partial charge in [-0.3, -0.25) is 9.78 Å². The number of pyridine rings is 1. The summed E-state index contributed by atoms with van der Waals surface area (Å²) in [6.07, 6.45) is 2.92. The molecule has 10 aromatic rings. The molecular formula is C66H56N10O13. The van der Waals surface area contributed by atoms with Crippen molar-refractivity contribution in [2.75, 3.05) is 7.11 Å². The molecule has 0 atom stereocenters. The molecule has 0 radical (unpaired) electrons. The number of aromatic carboxylic acids is 3. The minimum absolute atomic E-state index is 0.0687. The van der Waals surface area contributed by atoms with Gasteiger partial charge in [-0.15, -0.1) is 0 Å². The number of aromatic nitrogens is 2. The Balaban J connectivity index is 0.000000170. The third-order valence-corrected chi connectivity index (χ3v) is 12.5. The molecule has 89 heavy (non-hydrogen) atoms. The van der Waals surface area contributed by atoms with E-state index in [0.717, 1.165) is 46.0 Å². The van der Waals surface area contributed by atoms with E-state index in [9.17, 15) is 34.5 Å². The first-order chi connectivity index (χ1) is 42.9. The van der Waals surface area contributed by atoms with Gasteiger partial charge in [0, 0.05) is 35.9 Å². The van der Waals surface area contributed by atoms with Gasteiger partial charge in [-0.25, -0.2) is 14.4 Å². The van der Waals surface area contributed by atoms with Crippen molar-refractivity contribution >= 4 is 69.4 Å². The van der Waals surface area contributed by atoms with Gasteiger partial charge in [0.15, 0.2) is 0 Å². The highest BCUT2D eigenvalue weighted by atomic mass is 16.5. The summed E-state index contributed by atoms with van der Waals surface area (Å²) < 4.78 is 10.4. The second-order valence-electron chi connectivity index (χ2n) is 18.9. The number of aliphatic carboxylic acids is 1. The molecule has 23 nitrogen and oxygen atoms in total. The second-order valence-corrected chi connectivity index (χ2v) is 18.9. The number of hydrogen-bond donors (Lipinski definition) is 7. The number of carboxylic acids is 4. The van der Waals surface area contributed by atoms with E-state index < -0.39 is 23.9 Å². The first-order valence-electron chi connectivity index (χ1n) is 26.7. The molecule has 0 fully saturated rings. The minimum atomic E-state index is -1.22. The maximum absolute atomic E-state index is 11.0. The van der Waals surface area contributed by atoms with E-state index in [1.165, 1.54) is 60.7 Å². The smallest absolute Gasteiger partial charge is 0.339 e. The molecule has 0 aliphatic heterocycles. The van der Waals surface area contributed by atoms with Crippen LogP contribution in [0.15, 0.2) is 252 Å². The Morgan fingerprint density at radius 3 is 1.35 bits per heavy atom. The molecule has 0 saturated carbocycles. The average Bonchev–Trinajstić information content (AvgIpc) is 4.08. The van der Waals surface area contributed by atoms with E-state index in [2.05, 4.69) is 51.1 Å². The summed E-state index contributed by atoms with van der Waals surface area (Å²) in [6, 6.07) is 56.1. The maximum Gasteiger partial charge on any atom is 0.339 e. The summed E-state index contributed by atoms with van der Waals surface area (Å²) in [5.41, 5.74) is 9.57. The molecule has 0 aliphatic rings. The summed E-state index contributed by atoms with van der Waals surface area (Å²) in [6.45, 7) is 3.89. The number of aryl methyl sites for hydroxylation is 1. The number of nitrogens with zero attached hydrogens (tertiary/aromatic N) is 10. The number of carboxylic acid groups (broad SMARTS) is 4. The number of azo groups is 4. The van der Waals surface area contributed by atoms with Gasteiger partial charge >= 0.3 is 23.9 Å². The summed E-state index contributed by atoms with van der Waals surface area (Å²) in [4.78, 5) is 47.8. The number of methoxy groups -OCH3 is 1. The predicted molar refractivity (Wildman–Crippen MR) is 328 cm³/mol. The quantitative estimate of drug-likeness (QED) is 0.0393. The Bertz CT molecular complexity index is 4160. The lowest BCUT2D eigenvalue weighted by Gasteiger charge is -2.02. The van der Waals surface area contributed by atoms with Crippen LogP contribution in [0.5, 0.6) is 23.0 Å². The van der Waals surface area contributed by atoms with Crippen LogP contribution >= 0.6 is 0 Å².